The van der Waals surface area contributed by atoms with Crippen LogP contribution in [0.25, 0.3) is 32.5 Å². The molecule has 14 heteroatoms. The van der Waals surface area contributed by atoms with Crippen molar-refractivity contribution in [2.75, 3.05) is 63.6 Å². The van der Waals surface area contributed by atoms with E-state index in [-0.39, 0.29) is 5.41 Å². The van der Waals surface area contributed by atoms with E-state index in [1.165, 1.54) is 47.6 Å². The van der Waals surface area contributed by atoms with Crippen molar-refractivity contribution in [2.45, 2.75) is 60.4 Å². The van der Waals surface area contributed by atoms with Gasteiger partial charge in [-0.05, 0) is 68.7 Å². The van der Waals surface area contributed by atoms with Gasteiger partial charge in [-0.1, -0.05) is 67.5 Å². The molecule has 304 valence electrons. The lowest BCUT2D eigenvalue weighted by atomic mass is 9.72. The van der Waals surface area contributed by atoms with E-state index in [0.717, 1.165) is 76.4 Å². The average molecular weight is 814 g/mol. The van der Waals surface area contributed by atoms with Crippen LogP contribution in [0.1, 0.15) is 58.8 Å². The molecule has 2 N–H and O–H groups in total. The fraction of sp³-hybridized carbons (Fsp3) is 0.442. The Morgan fingerprint density at radius 3 is 2.51 bits per heavy atom. The van der Waals surface area contributed by atoms with Crippen LogP contribution in [0.4, 0.5) is 5.82 Å². The zero-order valence-electron chi connectivity index (χ0n) is 33.9. The number of rotatable bonds is 10. The first-order valence-corrected chi connectivity index (χ1v) is 22.2. The minimum Gasteiger partial charge on any atom is -0.478 e. The summed E-state index contributed by atoms with van der Waals surface area (Å²) < 4.78 is 31.9. The lowest BCUT2D eigenvalue weighted by Crippen LogP contribution is -2.47. The molecular formula is C43H55N7O5S2. The summed E-state index contributed by atoms with van der Waals surface area (Å²) in [6.07, 6.45) is 18.1. The minimum atomic E-state index is -3.13. The number of allylic oxidation sites excluding steroid dienone is 9. The molecule has 2 aliphatic heterocycles. The first-order valence-electron chi connectivity index (χ1n) is 19.6. The van der Waals surface area contributed by atoms with Gasteiger partial charge in [0.15, 0.2) is 11.6 Å². The molecule has 3 aliphatic rings. The number of H-pyrrole nitrogens is 1. The Morgan fingerprint density at radius 2 is 1.81 bits per heavy atom. The van der Waals surface area contributed by atoms with Crippen LogP contribution in [0.5, 0.6) is 0 Å². The van der Waals surface area contributed by atoms with Gasteiger partial charge >= 0.3 is 5.97 Å². The Labute approximate surface area is 340 Å². The Kier molecular flexibility index (Phi) is 13.6. The third-order valence-electron chi connectivity index (χ3n) is 10.7. The van der Waals surface area contributed by atoms with Gasteiger partial charge in [-0.3, -0.25) is 10.00 Å². The number of carboxylic acids is 1. The summed E-state index contributed by atoms with van der Waals surface area (Å²) in [6, 6.07) is 8.19. The number of aromatic amines is 1. The molecule has 4 aromatic rings. The van der Waals surface area contributed by atoms with Gasteiger partial charge in [-0.2, -0.15) is 9.40 Å². The predicted molar refractivity (Wildman–Crippen MR) is 231 cm³/mol. The number of benzene rings is 1. The number of aromatic nitrogens is 4. The Hall–Kier alpha value is -4.47. The van der Waals surface area contributed by atoms with Crippen LogP contribution in [0.2, 0.25) is 0 Å². The zero-order valence-corrected chi connectivity index (χ0v) is 35.5. The number of hydrogen-bond donors (Lipinski definition) is 2. The summed E-state index contributed by atoms with van der Waals surface area (Å²) in [4.78, 5) is 26.4. The number of morpholine rings is 1. The van der Waals surface area contributed by atoms with Crippen molar-refractivity contribution in [3.8, 4) is 11.4 Å². The normalized spacial score (nSPS) is 19.2. The van der Waals surface area contributed by atoms with Crippen molar-refractivity contribution in [2.24, 2.45) is 5.41 Å². The molecule has 0 unspecified atom stereocenters. The molecule has 0 saturated carbocycles. The standard InChI is InChI=1S/C23H27N7O3S2.C20H28O2/c1-35(31,32)30-7-5-28(6-8-30)15-16-13-20-21(34-16)23(29-9-11-33-12-10-29)26-22(25-20)17-3-2-4-19-18(17)14-24-27-19;1-15(8-6-9-16(2)14-19(21)22)11-12-18-17(3)10-7-13-20(18,4)5/h2-4,13-14H,5-12,15H2,1H3,(H,24,27);6,8-9,11-12,14H,7,10,13H2,1-5H3,(H,21,22)/b;9-6+,12-11+,15-8+,16-14+. The van der Waals surface area contributed by atoms with Gasteiger partial charge in [0.1, 0.15) is 0 Å². The number of nitrogens with zero attached hydrogens (tertiary/aromatic N) is 6. The fourth-order valence-electron chi connectivity index (χ4n) is 7.63. The van der Waals surface area contributed by atoms with Gasteiger partial charge in [-0.15, -0.1) is 11.3 Å². The van der Waals surface area contributed by atoms with Crippen LogP contribution < -0.4 is 4.90 Å². The van der Waals surface area contributed by atoms with Crippen molar-refractivity contribution in [1.29, 1.82) is 0 Å². The van der Waals surface area contributed by atoms with Crippen molar-refractivity contribution >= 4 is 54.3 Å². The first kappa shape index (κ1) is 42.1. The number of nitrogens with one attached hydrogen (secondary N) is 1. The molecule has 0 bridgehead atoms. The number of piperazine rings is 1. The largest absolute Gasteiger partial charge is 0.478 e. The highest BCUT2D eigenvalue weighted by molar-refractivity contribution is 7.88. The van der Waals surface area contributed by atoms with Crippen LogP contribution in [-0.2, 0) is 26.1 Å². The van der Waals surface area contributed by atoms with Crippen LogP contribution in [0.15, 0.2) is 89.2 Å². The number of ether oxygens (including phenoxy) is 1. The molecule has 12 nitrogen and oxygen atoms in total. The van der Waals surface area contributed by atoms with E-state index in [2.05, 4.69) is 65.9 Å². The quantitative estimate of drug-likeness (QED) is 0.121. The topological polar surface area (TPSA) is 145 Å². The molecule has 0 radical (unpaired) electrons. The third-order valence-corrected chi connectivity index (χ3v) is 13.2. The maximum absolute atomic E-state index is 11.8. The summed E-state index contributed by atoms with van der Waals surface area (Å²) >= 11 is 1.73. The van der Waals surface area contributed by atoms with Crippen LogP contribution >= 0.6 is 11.3 Å². The van der Waals surface area contributed by atoms with E-state index < -0.39 is 16.0 Å². The van der Waals surface area contributed by atoms with Gasteiger partial charge in [0, 0.05) is 67.7 Å². The van der Waals surface area contributed by atoms with E-state index in [1.54, 1.807) is 28.6 Å². The van der Waals surface area contributed by atoms with Gasteiger partial charge in [0.25, 0.3) is 0 Å². The Bertz CT molecular complexity index is 2340. The second kappa shape index (κ2) is 18.4. The average Bonchev–Trinajstić information content (AvgIpc) is 3.81. The number of aliphatic carboxylic acids is 1. The van der Waals surface area contributed by atoms with Crippen LogP contribution in [0, 0.1) is 5.41 Å². The first-order chi connectivity index (χ1) is 27.2. The van der Waals surface area contributed by atoms with Crippen molar-refractivity contribution in [3.05, 3.63) is 94.1 Å². The summed E-state index contributed by atoms with van der Waals surface area (Å²) in [6.45, 7) is 16.9. The highest BCUT2D eigenvalue weighted by atomic mass is 32.2. The molecule has 1 aromatic carbocycles. The smallest absolute Gasteiger partial charge is 0.328 e. The molecule has 5 heterocycles. The fourth-order valence-corrected chi connectivity index (χ4v) is 9.61. The number of thiophene rings is 1. The Balaban J connectivity index is 0.000000217. The van der Waals surface area contributed by atoms with E-state index in [4.69, 9.17) is 19.8 Å². The highest BCUT2D eigenvalue weighted by Crippen LogP contribution is 2.41. The summed E-state index contributed by atoms with van der Waals surface area (Å²) in [7, 11) is -3.13. The zero-order chi connectivity index (χ0) is 40.7. The van der Waals surface area contributed by atoms with E-state index in [0.29, 0.717) is 32.1 Å². The molecule has 57 heavy (non-hydrogen) atoms. The molecule has 2 fully saturated rings. The Morgan fingerprint density at radius 1 is 1.05 bits per heavy atom. The third kappa shape index (κ3) is 10.9. The maximum Gasteiger partial charge on any atom is 0.328 e. The van der Waals surface area contributed by atoms with Gasteiger partial charge in [0.2, 0.25) is 10.0 Å². The molecule has 1 aliphatic carbocycles. The van der Waals surface area contributed by atoms with Crippen molar-refractivity contribution in [3.63, 3.8) is 0 Å². The number of hydrogen-bond acceptors (Lipinski definition) is 10. The van der Waals surface area contributed by atoms with Crippen molar-refractivity contribution < 1.29 is 23.1 Å². The maximum atomic E-state index is 11.8. The lowest BCUT2D eigenvalue weighted by Gasteiger charge is -2.32. The van der Waals surface area contributed by atoms with Gasteiger partial charge in [-0.25, -0.2) is 23.2 Å². The molecule has 7 rings (SSSR count). The van der Waals surface area contributed by atoms with E-state index in [1.807, 2.05) is 36.5 Å². The molecule has 0 spiro atoms. The monoisotopic (exact) mass is 813 g/mol. The summed E-state index contributed by atoms with van der Waals surface area (Å²) in [5.41, 5.74) is 7.94. The lowest BCUT2D eigenvalue weighted by molar-refractivity contribution is -0.131. The second-order valence-electron chi connectivity index (χ2n) is 15.7. The second-order valence-corrected chi connectivity index (χ2v) is 18.9. The molecule has 3 aromatic heterocycles. The van der Waals surface area contributed by atoms with Crippen molar-refractivity contribution in [1.82, 2.24) is 29.4 Å². The highest BCUT2D eigenvalue weighted by Gasteiger charge is 2.27. The van der Waals surface area contributed by atoms with Crippen LogP contribution in [0.3, 0.4) is 0 Å². The number of carboxylic acid groups (broad SMARTS) is 1. The van der Waals surface area contributed by atoms with Gasteiger partial charge in [0.05, 0.1) is 41.4 Å². The number of anilines is 1. The molecule has 0 amide bonds. The van der Waals surface area contributed by atoms with Crippen LogP contribution in [-0.4, -0.2) is 108 Å². The van der Waals surface area contributed by atoms with Gasteiger partial charge < -0.3 is 14.7 Å². The predicted octanol–water partition coefficient (Wildman–Crippen LogP) is 7.75. The van der Waals surface area contributed by atoms with E-state index in [9.17, 15) is 13.2 Å². The molecular weight excluding hydrogens is 759 g/mol. The summed E-state index contributed by atoms with van der Waals surface area (Å²) in [5, 5.41) is 16.9. The molecule has 2 saturated heterocycles. The number of fused-ring (bicyclic) bond motifs is 2. The SMILES string of the molecule is CC1=C(/C=C/C(C)=C/C=C/C(C)=C/C(=O)O)C(C)(C)CCC1.CS(=O)(=O)N1CCN(Cc2cc3nc(-c4cccc5[nH]ncc45)nc(N4CCOCC4)c3s2)CC1. The summed E-state index contributed by atoms with van der Waals surface area (Å²) in [5.74, 6) is 0.730. The minimum absolute atomic E-state index is 0.260. The number of carbonyl (C=O) groups is 1. The number of sulfonamides is 1. The molecule has 0 atom stereocenters. The van der Waals surface area contributed by atoms with E-state index >= 15 is 0 Å².